The predicted octanol–water partition coefficient (Wildman–Crippen LogP) is 1.45. The molecule has 2 aliphatic rings. The number of fused-ring (bicyclic) bond motifs is 1. The Morgan fingerprint density at radius 1 is 1.18 bits per heavy atom. The van der Waals surface area contributed by atoms with Crippen LogP contribution in [0.4, 0.5) is 0 Å². The Balaban J connectivity index is 1.64. The molecule has 4 atom stereocenters. The quantitative estimate of drug-likeness (QED) is 0.888. The first kappa shape index (κ1) is 15.7. The van der Waals surface area contributed by atoms with Gasteiger partial charge in [0, 0.05) is 0 Å². The summed E-state index contributed by atoms with van der Waals surface area (Å²) in [5.41, 5.74) is 1.01. The van der Waals surface area contributed by atoms with Crippen molar-refractivity contribution in [3.8, 4) is 5.75 Å². The lowest BCUT2D eigenvalue weighted by Crippen LogP contribution is -2.38. The van der Waals surface area contributed by atoms with Gasteiger partial charge in [0.1, 0.15) is 24.1 Å². The number of hydrogen-bond acceptors (Lipinski definition) is 6. The topological polar surface area (TPSA) is 66.4 Å². The van der Waals surface area contributed by atoms with Crippen LogP contribution >= 0.6 is 0 Å². The molecule has 0 unspecified atom stereocenters. The zero-order valence-corrected chi connectivity index (χ0v) is 13.0. The summed E-state index contributed by atoms with van der Waals surface area (Å²) in [6.45, 7) is 3.95. The molecule has 0 amide bonds. The Morgan fingerprint density at radius 2 is 1.91 bits per heavy atom. The van der Waals surface area contributed by atoms with Crippen LogP contribution in [0.3, 0.4) is 0 Å². The number of aliphatic hydroxyl groups is 1. The first-order chi connectivity index (χ1) is 10.5. The van der Waals surface area contributed by atoms with Crippen molar-refractivity contribution in [1.82, 2.24) is 0 Å². The molecule has 1 aromatic rings. The Kier molecular flexibility index (Phi) is 4.38. The minimum Gasteiger partial charge on any atom is -0.497 e. The summed E-state index contributed by atoms with van der Waals surface area (Å²) in [6, 6.07) is 7.65. The molecular formula is C16H22O6. The highest BCUT2D eigenvalue weighted by Gasteiger charge is 2.55. The van der Waals surface area contributed by atoms with Gasteiger partial charge in [-0.15, -0.1) is 0 Å². The second kappa shape index (κ2) is 6.14. The molecule has 2 aliphatic heterocycles. The van der Waals surface area contributed by atoms with Gasteiger partial charge in [0.2, 0.25) is 0 Å². The number of hydrogen-bond donors (Lipinski definition) is 1. The van der Waals surface area contributed by atoms with Gasteiger partial charge >= 0.3 is 0 Å². The van der Waals surface area contributed by atoms with Crippen molar-refractivity contribution in [1.29, 1.82) is 0 Å². The third-order valence-corrected chi connectivity index (χ3v) is 3.87. The molecule has 2 heterocycles. The standard InChI is InChI=1S/C16H22O6/c1-16(2)21-14-13(12(8-17)20-15(14)22-16)19-9-10-4-6-11(18-3)7-5-10/h4-7,12-15,17H,8-9H2,1-3H3/t12-,13-,14-,15-/m1/s1. The van der Waals surface area contributed by atoms with E-state index in [9.17, 15) is 5.11 Å². The second-order valence-corrected chi connectivity index (χ2v) is 5.95. The molecule has 122 valence electrons. The van der Waals surface area contributed by atoms with Crippen molar-refractivity contribution in [3.05, 3.63) is 29.8 Å². The van der Waals surface area contributed by atoms with Gasteiger partial charge in [-0.3, -0.25) is 0 Å². The Labute approximate surface area is 129 Å². The van der Waals surface area contributed by atoms with Gasteiger partial charge in [-0.05, 0) is 31.5 Å². The van der Waals surface area contributed by atoms with Crippen molar-refractivity contribution in [2.45, 2.75) is 50.8 Å². The molecule has 0 radical (unpaired) electrons. The lowest BCUT2D eigenvalue weighted by molar-refractivity contribution is -0.222. The predicted molar refractivity (Wildman–Crippen MR) is 77.4 cm³/mol. The molecule has 3 rings (SSSR count). The number of methoxy groups -OCH3 is 1. The summed E-state index contributed by atoms with van der Waals surface area (Å²) in [5, 5.41) is 9.45. The highest BCUT2D eigenvalue weighted by molar-refractivity contribution is 5.26. The van der Waals surface area contributed by atoms with Crippen LogP contribution in [0.2, 0.25) is 0 Å². The van der Waals surface area contributed by atoms with E-state index in [4.69, 9.17) is 23.7 Å². The average molecular weight is 310 g/mol. The molecule has 2 saturated heterocycles. The van der Waals surface area contributed by atoms with E-state index in [-0.39, 0.29) is 18.8 Å². The lowest BCUT2D eigenvalue weighted by Gasteiger charge is -2.25. The van der Waals surface area contributed by atoms with Crippen LogP contribution in [0.5, 0.6) is 5.75 Å². The van der Waals surface area contributed by atoms with Gasteiger partial charge in [0.05, 0.1) is 20.3 Å². The van der Waals surface area contributed by atoms with E-state index < -0.39 is 18.2 Å². The monoisotopic (exact) mass is 310 g/mol. The van der Waals surface area contributed by atoms with Crippen LogP contribution in [0.15, 0.2) is 24.3 Å². The van der Waals surface area contributed by atoms with Gasteiger partial charge in [-0.2, -0.15) is 0 Å². The summed E-state index contributed by atoms with van der Waals surface area (Å²) in [6.07, 6.45) is -1.62. The number of ether oxygens (including phenoxy) is 5. The molecule has 6 heteroatoms. The molecule has 1 aromatic carbocycles. The minimum atomic E-state index is -0.697. The molecule has 0 bridgehead atoms. The second-order valence-electron chi connectivity index (χ2n) is 5.95. The summed E-state index contributed by atoms with van der Waals surface area (Å²) in [7, 11) is 1.63. The number of rotatable bonds is 5. The molecule has 6 nitrogen and oxygen atoms in total. The SMILES string of the molecule is COc1ccc(CO[C@H]2[C@H]3OC(C)(C)O[C@H]3O[C@@H]2CO)cc1. The fraction of sp³-hybridized carbons (Fsp3) is 0.625. The van der Waals surface area contributed by atoms with Crippen molar-refractivity contribution >= 4 is 0 Å². The average Bonchev–Trinajstić information content (AvgIpc) is 2.97. The van der Waals surface area contributed by atoms with Crippen molar-refractivity contribution in [3.63, 3.8) is 0 Å². The normalized spacial score (nSPS) is 32.9. The van der Waals surface area contributed by atoms with Crippen molar-refractivity contribution in [2.24, 2.45) is 0 Å². The maximum atomic E-state index is 9.45. The van der Waals surface area contributed by atoms with E-state index in [1.807, 2.05) is 38.1 Å². The smallest absolute Gasteiger partial charge is 0.190 e. The zero-order valence-electron chi connectivity index (χ0n) is 13.0. The zero-order chi connectivity index (χ0) is 15.7. The largest absolute Gasteiger partial charge is 0.497 e. The highest BCUT2D eigenvalue weighted by Crippen LogP contribution is 2.38. The molecule has 0 saturated carbocycles. The van der Waals surface area contributed by atoms with Crippen LogP contribution in [0.1, 0.15) is 19.4 Å². The Bertz CT molecular complexity index is 500. The molecule has 2 fully saturated rings. The van der Waals surface area contributed by atoms with Crippen LogP contribution in [0, 0.1) is 0 Å². The van der Waals surface area contributed by atoms with Gasteiger partial charge in [0.25, 0.3) is 0 Å². The molecular weight excluding hydrogens is 288 g/mol. The van der Waals surface area contributed by atoms with Crippen LogP contribution in [-0.4, -0.2) is 49.2 Å². The van der Waals surface area contributed by atoms with E-state index >= 15 is 0 Å². The maximum Gasteiger partial charge on any atom is 0.190 e. The Morgan fingerprint density at radius 3 is 2.55 bits per heavy atom. The van der Waals surface area contributed by atoms with E-state index in [0.29, 0.717) is 6.61 Å². The summed E-state index contributed by atoms with van der Waals surface area (Å²) in [5.74, 6) is 0.104. The third kappa shape index (κ3) is 3.11. The molecule has 1 N–H and O–H groups in total. The van der Waals surface area contributed by atoms with Gasteiger partial charge < -0.3 is 28.8 Å². The van der Waals surface area contributed by atoms with Crippen LogP contribution in [-0.2, 0) is 25.6 Å². The minimum absolute atomic E-state index is 0.132. The third-order valence-electron chi connectivity index (χ3n) is 3.87. The van der Waals surface area contributed by atoms with Gasteiger partial charge in [-0.25, -0.2) is 0 Å². The first-order valence-corrected chi connectivity index (χ1v) is 7.39. The maximum absolute atomic E-state index is 9.45. The van der Waals surface area contributed by atoms with E-state index in [2.05, 4.69) is 0 Å². The van der Waals surface area contributed by atoms with Crippen molar-refractivity contribution < 1.29 is 28.8 Å². The van der Waals surface area contributed by atoms with Crippen molar-refractivity contribution in [2.75, 3.05) is 13.7 Å². The molecule has 0 spiro atoms. The summed E-state index contributed by atoms with van der Waals surface area (Å²) >= 11 is 0. The molecule has 22 heavy (non-hydrogen) atoms. The van der Waals surface area contributed by atoms with E-state index in [0.717, 1.165) is 11.3 Å². The summed E-state index contributed by atoms with van der Waals surface area (Å²) < 4.78 is 28.2. The first-order valence-electron chi connectivity index (χ1n) is 7.39. The molecule has 0 aliphatic carbocycles. The van der Waals surface area contributed by atoms with Gasteiger partial charge in [-0.1, -0.05) is 12.1 Å². The van der Waals surface area contributed by atoms with Crippen LogP contribution < -0.4 is 4.74 Å². The number of benzene rings is 1. The highest BCUT2D eigenvalue weighted by atomic mass is 16.8. The fourth-order valence-electron chi connectivity index (χ4n) is 2.81. The van der Waals surface area contributed by atoms with Gasteiger partial charge in [0.15, 0.2) is 12.1 Å². The number of aliphatic hydroxyl groups excluding tert-OH is 1. The Hall–Kier alpha value is -1.18. The van der Waals surface area contributed by atoms with E-state index in [1.165, 1.54) is 0 Å². The van der Waals surface area contributed by atoms with E-state index in [1.54, 1.807) is 7.11 Å². The fourth-order valence-corrected chi connectivity index (χ4v) is 2.81. The van der Waals surface area contributed by atoms with Crippen LogP contribution in [0.25, 0.3) is 0 Å². The summed E-state index contributed by atoms with van der Waals surface area (Å²) in [4.78, 5) is 0. The lowest BCUT2D eigenvalue weighted by atomic mass is 10.1. The molecule has 0 aromatic heterocycles.